The molecular formula is C9H14O7. The van der Waals surface area contributed by atoms with E-state index >= 15 is 0 Å². The zero-order valence-electron chi connectivity index (χ0n) is 8.61. The van der Waals surface area contributed by atoms with Crippen LogP contribution in [0.15, 0.2) is 0 Å². The van der Waals surface area contributed by atoms with Gasteiger partial charge in [-0.2, -0.15) is 0 Å². The maximum atomic E-state index is 10.6. The Kier molecular flexibility index (Phi) is 3.84. The van der Waals surface area contributed by atoms with E-state index in [9.17, 15) is 19.8 Å². The molecule has 1 aliphatic rings. The van der Waals surface area contributed by atoms with Crippen LogP contribution in [-0.2, 0) is 14.3 Å². The molecule has 0 bridgehead atoms. The van der Waals surface area contributed by atoms with Crippen molar-refractivity contribution in [3.63, 3.8) is 0 Å². The predicted molar refractivity (Wildman–Crippen MR) is 49.7 cm³/mol. The van der Waals surface area contributed by atoms with Gasteiger partial charge in [0.05, 0.1) is 12.2 Å². The van der Waals surface area contributed by atoms with Crippen LogP contribution in [0.4, 0.5) is 0 Å². The summed E-state index contributed by atoms with van der Waals surface area (Å²) in [7, 11) is 0. The van der Waals surface area contributed by atoms with Crippen LogP contribution in [0.3, 0.4) is 0 Å². The molecule has 0 aromatic heterocycles. The number of aliphatic hydroxyl groups is 2. The van der Waals surface area contributed by atoms with Gasteiger partial charge in [-0.3, -0.25) is 9.59 Å². The van der Waals surface area contributed by atoms with E-state index in [2.05, 4.69) is 0 Å². The third-order valence-electron chi connectivity index (χ3n) is 2.67. The first-order valence-electron chi connectivity index (χ1n) is 4.81. The zero-order valence-corrected chi connectivity index (χ0v) is 8.61. The van der Waals surface area contributed by atoms with Crippen molar-refractivity contribution in [3.05, 3.63) is 0 Å². The van der Waals surface area contributed by atoms with E-state index in [0.717, 1.165) is 0 Å². The largest absolute Gasteiger partial charge is 0.481 e. The Balaban J connectivity index is 2.66. The van der Waals surface area contributed by atoms with Gasteiger partial charge < -0.3 is 25.2 Å². The van der Waals surface area contributed by atoms with Gasteiger partial charge in [-0.05, 0) is 6.92 Å². The molecule has 0 aromatic carbocycles. The quantitative estimate of drug-likeness (QED) is 0.444. The second kappa shape index (κ2) is 4.77. The van der Waals surface area contributed by atoms with Gasteiger partial charge in [0.15, 0.2) is 5.92 Å². The summed E-state index contributed by atoms with van der Waals surface area (Å²) in [6.45, 7) is 1.52. The summed E-state index contributed by atoms with van der Waals surface area (Å²) >= 11 is 0. The minimum absolute atomic E-state index is 0.368. The highest BCUT2D eigenvalue weighted by atomic mass is 16.5. The average Bonchev–Trinajstić information content (AvgIpc) is 2.41. The van der Waals surface area contributed by atoms with Crippen molar-refractivity contribution in [2.24, 2.45) is 5.92 Å². The number of carboxylic acid groups (broad SMARTS) is 2. The Morgan fingerprint density at radius 2 is 1.69 bits per heavy atom. The highest BCUT2D eigenvalue weighted by Crippen LogP contribution is 2.26. The molecule has 1 saturated heterocycles. The molecule has 0 amide bonds. The minimum atomic E-state index is -1.64. The van der Waals surface area contributed by atoms with E-state index in [1.807, 2.05) is 0 Å². The van der Waals surface area contributed by atoms with Crippen molar-refractivity contribution in [2.45, 2.75) is 37.8 Å². The third kappa shape index (κ3) is 2.49. The number of hydrogen-bond acceptors (Lipinski definition) is 5. The summed E-state index contributed by atoms with van der Waals surface area (Å²) in [5.74, 6) is -4.62. The number of aliphatic hydroxyl groups excluding tert-OH is 2. The van der Waals surface area contributed by atoms with Gasteiger partial charge in [-0.15, -0.1) is 0 Å². The van der Waals surface area contributed by atoms with Crippen LogP contribution in [0.2, 0.25) is 0 Å². The fraction of sp³-hybridized carbons (Fsp3) is 0.778. The fourth-order valence-corrected chi connectivity index (χ4v) is 1.67. The van der Waals surface area contributed by atoms with Gasteiger partial charge in [0.25, 0.3) is 0 Å². The normalized spacial score (nSPS) is 34.2. The van der Waals surface area contributed by atoms with Crippen LogP contribution in [0, 0.1) is 5.92 Å². The minimum Gasteiger partial charge on any atom is -0.481 e. The lowest BCUT2D eigenvalue weighted by Gasteiger charge is -2.16. The SMILES string of the molecule is C[C@@H]1O[C@H](CC(C(=O)O)C(=O)O)[C@H](O)C1O. The van der Waals surface area contributed by atoms with E-state index < -0.39 is 42.3 Å². The number of carbonyl (C=O) groups is 2. The molecule has 0 aromatic rings. The molecular weight excluding hydrogens is 220 g/mol. The lowest BCUT2D eigenvalue weighted by atomic mass is 9.97. The first kappa shape index (κ1) is 12.9. The lowest BCUT2D eigenvalue weighted by molar-refractivity contribution is -0.156. The third-order valence-corrected chi connectivity index (χ3v) is 2.67. The summed E-state index contributed by atoms with van der Waals surface area (Å²) in [6.07, 6.45) is -4.34. The molecule has 1 heterocycles. The Morgan fingerprint density at radius 1 is 1.19 bits per heavy atom. The fourth-order valence-electron chi connectivity index (χ4n) is 1.67. The first-order chi connectivity index (χ1) is 7.34. The van der Waals surface area contributed by atoms with E-state index in [0.29, 0.717) is 0 Å². The molecule has 0 aliphatic carbocycles. The molecule has 1 unspecified atom stereocenters. The molecule has 0 spiro atoms. The average molecular weight is 234 g/mol. The molecule has 0 radical (unpaired) electrons. The van der Waals surface area contributed by atoms with Crippen LogP contribution in [0.25, 0.3) is 0 Å². The van der Waals surface area contributed by atoms with Crippen LogP contribution in [-0.4, -0.2) is 56.8 Å². The first-order valence-corrected chi connectivity index (χ1v) is 4.81. The Bertz CT molecular complexity index is 276. The Labute approximate surface area is 91.3 Å². The number of rotatable bonds is 4. The molecule has 4 N–H and O–H groups in total. The van der Waals surface area contributed by atoms with Gasteiger partial charge in [0.2, 0.25) is 0 Å². The van der Waals surface area contributed by atoms with Crippen LogP contribution >= 0.6 is 0 Å². The smallest absolute Gasteiger partial charge is 0.317 e. The van der Waals surface area contributed by atoms with Crippen molar-refractivity contribution in [2.75, 3.05) is 0 Å². The number of ether oxygens (including phenoxy) is 1. The van der Waals surface area contributed by atoms with Crippen molar-refractivity contribution < 1.29 is 34.8 Å². The standard InChI is InChI=1S/C9H14O7/c1-3-6(10)7(11)5(16-3)2-4(8(12)13)9(14)15/h3-7,10-11H,2H2,1H3,(H,12,13)(H,14,15)/t3-,5+,6?,7-/m0/s1. The molecule has 1 fully saturated rings. The molecule has 7 nitrogen and oxygen atoms in total. The lowest BCUT2D eigenvalue weighted by Crippen LogP contribution is -2.35. The maximum Gasteiger partial charge on any atom is 0.317 e. The van der Waals surface area contributed by atoms with Gasteiger partial charge in [-0.1, -0.05) is 0 Å². The summed E-state index contributed by atoms with van der Waals surface area (Å²) in [6, 6.07) is 0. The van der Waals surface area contributed by atoms with Gasteiger partial charge in [0, 0.05) is 6.42 Å². The number of hydrogen-bond donors (Lipinski definition) is 4. The Morgan fingerprint density at radius 3 is 2.00 bits per heavy atom. The van der Waals surface area contributed by atoms with Crippen LogP contribution < -0.4 is 0 Å². The van der Waals surface area contributed by atoms with Crippen molar-refractivity contribution >= 4 is 11.9 Å². The zero-order chi connectivity index (χ0) is 12.5. The molecule has 0 saturated carbocycles. The van der Waals surface area contributed by atoms with Gasteiger partial charge >= 0.3 is 11.9 Å². The summed E-state index contributed by atoms with van der Waals surface area (Å²) in [5, 5.41) is 36.1. The molecule has 1 aliphatic heterocycles. The van der Waals surface area contributed by atoms with Crippen molar-refractivity contribution in [3.8, 4) is 0 Å². The second-order valence-corrected chi connectivity index (χ2v) is 3.83. The highest BCUT2D eigenvalue weighted by molar-refractivity contribution is 5.92. The van der Waals surface area contributed by atoms with E-state index in [4.69, 9.17) is 14.9 Å². The maximum absolute atomic E-state index is 10.6. The van der Waals surface area contributed by atoms with E-state index in [-0.39, 0.29) is 6.42 Å². The van der Waals surface area contributed by atoms with Crippen molar-refractivity contribution in [1.29, 1.82) is 0 Å². The number of aliphatic carboxylic acids is 2. The van der Waals surface area contributed by atoms with E-state index in [1.165, 1.54) is 6.92 Å². The van der Waals surface area contributed by atoms with E-state index in [1.54, 1.807) is 0 Å². The van der Waals surface area contributed by atoms with Crippen LogP contribution in [0.1, 0.15) is 13.3 Å². The number of carboxylic acids is 2. The summed E-state index contributed by atoms with van der Waals surface area (Å²) < 4.78 is 5.09. The monoisotopic (exact) mass is 234 g/mol. The highest BCUT2D eigenvalue weighted by Gasteiger charge is 2.43. The van der Waals surface area contributed by atoms with Gasteiger partial charge in [-0.25, -0.2) is 0 Å². The summed E-state index contributed by atoms with van der Waals surface area (Å²) in [5.41, 5.74) is 0. The molecule has 92 valence electrons. The second-order valence-electron chi connectivity index (χ2n) is 3.83. The topological polar surface area (TPSA) is 124 Å². The molecule has 4 atom stereocenters. The predicted octanol–water partition coefficient (Wildman–Crippen LogP) is -1.33. The molecule has 7 heteroatoms. The Hall–Kier alpha value is -1.18. The molecule has 1 rings (SSSR count). The van der Waals surface area contributed by atoms with Crippen molar-refractivity contribution in [1.82, 2.24) is 0 Å². The summed E-state index contributed by atoms with van der Waals surface area (Å²) in [4.78, 5) is 21.2. The van der Waals surface area contributed by atoms with Crippen LogP contribution in [0.5, 0.6) is 0 Å². The van der Waals surface area contributed by atoms with Gasteiger partial charge in [0.1, 0.15) is 12.2 Å². The molecule has 16 heavy (non-hydrogen) atoms.